The molecule has 0 saturated carbocycles. The molecule has 3 rings (SSSR count). The van der Waals surface area contributed by atoms with Crippen LogP contribution in [-0.2, 0) is 19.9 Å². The van der Waals surface area contributed by atoms with Crippen LogP contribution >= 0.6 is 12.2 Å². The highest BCUT2D eigenvalue weighted by molar-refractivity contribution is 7.80. The lowest BCUT2D eigenvalue weighted by molar-refractivity contribution is 0.341. The minimum Gasteiger partial charge on any atom is -0.493 e. The van der Waals surface area contributed by atoms with E-state index in [4.69, 9.17) is 21.9 Å². The number of H-pyrrole nitrogens is 1. The summed E-state index contributed by atoms with van der Waals surface area (Å²) < 4.78 is 7.40. The van der Waals surface area contributed by atoms with Crippen LogP contribution in [0.5, 0.6) is 5.75 Å². The van der Waals surface area contributed by atoms with Gasteiger partial charge in [-0.1, -0.05) is 38.6 Å². The summed E-state index contributed by atoms with van der Waals surface area (Å²) in [7, 11) is 1.77. The van der Waals surface area contributed by atoms with E-state index in [1.807, 2.05) is 25.1 Å². The molecule has 0 fully saturated rings. The summed E-state index contributed by atoms with van der Waals surface area (Å²) in [5.41, 5.74) is 3.63. The van der Waals surface area contributed by atoms with Gasteiger partial charge in [0.1, 0.15) is 17.1 Å². The number of aryl methyl sites for hydroxylation is 2. The van der Waals surface area contributed by atoms with E-state index in [0.29, 0.717) is 35.6 Å². The molecule has 1 N–H and O–H groups in total. The Kier molecular flexibility index (Phi) is 6.24. The normalized spacial score (nSPS) is 11.1. The molecule has 1 aromatic carbocycles. The Bertz CT molecular complexity index is 1070. The first-order valence-corrected chi connectivity index (χ1v) is 10.1. The summed E-state index contributed by atoms with van der Waals surface area (Å²) in [5.74, 6) is 1.19. The van der Waals surface area contributed by atoms with Crippen LogP contribution in [0.4, 0.5) is 0 Å². The summed E-state index contributed by atoms with van der Waals surface area (Å²) in [4.78, 5) is 21.5. The van der Waals surface area contributed by atoms with Crippen molar-refractivity contribution in [3.63, 3.8) is 0 Å². The van der Waals surface area contributed by atoms with E-state index in [2.05, 4.69) is 23.9 Å². The summed E-state index contributed by atoms with van der Waals surface area (Å²) >= 11 is 5.40. The Labute approximate surface area is 169 Å². The first-order chi connectivity index (χ1) is 13.5. The quantitative estimate of drug-likeness (QED) is 0.581. The van der Waals surface area contributed by atoms with Crippen LogP contribution in [0.2, 0.25) is 0 Å². The second kappa shape index (κ2) is 8.65. The highest BCUT2D eigenvalue weighted by Gasteiger charge is 2.17. The second-order valence-corrected chi connectivity index (χ2v) is 7.34. The van der Waals surface area contributed by atoms with E-state index in [9.17, 15) is 4.79 Å². The van der Waals surface area contributed by atoms with Crippen molar-refractivity contribution in [1.82, 2.24) is 19.7 Å². The van der Waals surface area contributed by atoms with Gasteiger partial charge in [0.05, 0.1) is 17.9 Å². The number of hydrogen-bond acceptors (Lipinski definition) is 5. The zero-order chi connectivity index (χ0) is 20.3. The van der Waals surface area contributed by atoms with E-state index in [0.717, 1.165) is 40.9 Å². The average Bonchev–Trinajstić information content (AvgIpc) is 2.99. The van der Waals surface area contributed by atoms with Gasteiger partial charge in [-0.3, -0.25) is 9.48 Å². The topological polar surface area (TPSA) is 72.8 Å². The highest BCUT2D eigenvalue weighted by Crippen LogP contribution is 2.30. The molecule has 0 radical (unpaired) electrons. The number of ether oxygens (including phenoxy) is 1. The third-order valence-electron chi connectivity index (χ3n) is 4.64. The van der Waals surface area contributed by atoms with Crippen molar-refractivity contribution in [3.05, 3.63) is 39.8 Å². The monoisotopic (exact) mass is 398 g/mol. The van der Waals surface area contributed by atoms with Gasteiger partial charge in [0, 0.05) is 13.5 Å². The van der Waals surface area contributed by atoms with E-state index < -0.39 is 0 Å². The van der Waals surface area contributed by atoms with Gasteiger partial charge in [0.25, 0.3) is 5.56 Å². The number of rotatable bonds is 8. The zero-order valence-electron chi connectivity index (χ0n) is 16.8. The van der Waals surface area contributed by atoms with E-state index in [1.54, 1.807) is 11.7 Å². The van der Waals surface area contributed by atoms with Gasteiger partial charge >= 0.3 is 0 Å². The maximum absolute atomic E-state index is 12.8. The smallest absolute Gasteiger partial charge is 0.277 e. The fourth-order valence-corrected chi connectivity index (χ4v) is 3.45. The largest absolute Gasteiger partial charge is 0.493 e. The fourth-order valence-electron chi connectivity index (χ4n) is 3.29. The van der Waals surface area contributed by atoms with Crippen molar-refractivity contribution in [2.24, 2.45) is 7.05 Å². The molecule has 0 aliphatic heterocycles. The fraction of sp³-hybridized carbons (Fsp3) is 0.429. The van der Waals surface area contributed by atoms with E-state index in [1.165, 1.54) is 0 Å². The van der Waals surface area contributed by atoms with Crippen LogP contribution < -0.4 is 10.3 Å². The summed E-state index contributed by atoms with van der Waals surface area (Å²) in [5, 5.41) is 4.49. The van der Waals surface area contributed by atoms with Crippen LogP contribution in [0.3, 0.4) is 0 Å². The molecule has 6 nitrogen and oxygen atoms in total. The number of fused-ring (bicyclic) bond motifs is 1. The number of aromatic amines is 1. The molecule has 0 aliphatic carbocycles. The molecule has 0 saturated heterocycles. The van der Waals surface area contributed by atoms with Crippen LogP contribution in [0.15, 0.2) is 23.0 Å². The molecule has 0 spiro atoms. The maximum atomic E-state index is 12.8. The van der Waals surface area contributed by atoms with Crippen LogP contribution in [0, 0.1) is 0 Å². The van der Waals surface area contributed by atoms with E-state index in [-0.39, 0.29) is 5.56 Å². The van der Waals surface area contributed by atoms with Crippen molar-refractivity contribution in [2.75, 3.05) is 6.61 Å². The van der Waals surface area contributed by atoms with Gasteiger partial charge in [-0.25, -0.2) is 4.98 Å². The molecule has 0 unspecified atom stereocenters. The van der Waals surface area contributed by atoms with Crippen molar-refractivity contribution < 1.29 is 4.74 Å². The highest BCUT2D eigenvalue weighted by atomic mass is 32.1. The lowest BCUT2D eigenvalue weighted by Gasteiger charge is -2.12. The molecule has 0 amide bonds. The number of thiocarbonyl (C=S) groups is 1. The third-order valence-corrected chi connectivity index (χ3v) is 5.08. The number of aromatic nitrogens is 4. The van der Waals surface area contributed by atoms with Gasteiger partial charge < -0.3 is 9.72 Å². The third kappa shape index (κ3) is 3.99. The summed E-state index contributed by atoms with van der Waals surface area (Å²) in [6.45, 7) is 6.61. The molecule has 0 aliphatic rings. The minimum atomic E-state index is -0.200. The van der Waals surface area contributed by atoms with Gasteiger partial charge in [-0.05, 0) is 42.3 Å². The number of benzene rings is 1. The van der Waals surface area contributed by atoms with Gasteiger partial charge in [0.15, 0.2) is 5.52 Å². The SMILES string of the molecule is CCCc1nn(C)c2c(=O)[nH]c(-c3cc(CC(=S)CC)ccc3OCC)nc12. The molecule has 2 heterocycles. The van der Waals surface area contributed by atoms with Crippen molar-refractivity contribution >= 4 is 28.1 Å². The zero-order valence-corrected chi connectivity index (χ0v) is 17.7. The van der Waals surface area contributed by atoms with Crippen LogP contribution in [0.1, 0.15) is 44.9 Å². The standard InChI is InChI=1S/C21H26N4O2S/c1-5-8-16-18-19(25(4)24-16)21(26)23-20(22-18)15-12-13(11-14(28)6-2)9-10-17(15)27-7-3/h9-10,12H,5-8,11H2,1-4H3,(H,22,23,26). The Hall–Kier alpha value is -2.54. The van der Waals surface area contributed by atoms with Crippen LogP contribution in [0.25, 0.3) is 22.4 Å². The van der Waals surface area contributed by atoms with Crippen molar-refractivity contribution in [1.29, 1.82) is 0 Å². The molecule has 28 heavy (non-hydrogen) atoms. The van der Waals surface area contributed by atoms with Gasteiger partial charge in [-0.2, -0.15) is 5.10 Å². The summed E-state index contributed by atoms with van der Waals surface area (Å²) in [6, 6.07) is 5.94. The van der Waals surface area contributed by atoms with Crippen molar-refractivity contribution in [2.45, 2.75) is 46.5 Å². The van der Waals surface area contributed by atoms with Crippen LogP contribution in [-0.4, -0.2) is 31.2 Å². The predicted molar refractivity (Wildman–Crippen MR) is 116 cm³/mol. The Balaban J connectivity index is 2.19. The average molecular weight is 399 g/mol. The molecular weight excluding hydrogens is 372 g/mol. The lowest BCUT2D eigenvalue weighted by Crippen LogP contribution is -2.13. The Morgan fingerprint density at radius 1 is 1.29 bits per heavy atom. The predicted octanol–water partition coefficient (Wildman–Crippen LogP) is 4.00. The first kappa shape index (κ1) is 20.2. The molecule has 7 heteroatoms. The maximum Gasteiger partial charge on any atom is 0.277 e. The second-order valence-electron chi connectivity index (χ2n) is 6.76. The van der Waals surface area contributed by atoms with Gasteiger partial charge in [0.2, 0.25) is 0 Å². The van der Waals surface area contributed by atoms with Crippen molar-refractivity contribution in [3.8, 4) is 17.1 Å². The first-order valence-electron chi connectivity index (χ1n) is 9.72. The lowest BCUT2D eigenvalue weighted by atomic mass is 10.0. The molecule has 0 bridgehead atoms. The number of hydrogen-bond donors (Lipinski definition) is 1. The molecule has 2 aromatic heterocycles. The number of nitrogens with zero attached hydrogens (tertiary/aromatic N) is 3. The summed E-state index contributed by atoms with van der Waals surface area (Å²) in [6.07, 6.45) is 3.28. The van der Waals surface area contributed by atoms with Gasteiger partial charge in [-0.15, -0.1) is 0 Å². The molecule has 3 aromatic rings. The minimum absolute atomic E-state index is 0.200. The van der Waals surface area contributed by atoms with E-state index >= 15 is 0 Å². The molecule has 148 valence electrons. The Morgan fingerprint density at radius 2 is 2.07 bits per heavy atom. The molecule has 0 atom stereocenters. The Morgan fingerprint density at radius 3 is 2.75 bits per heavy atom. The molecular formula is C21H26N4O2S. The number of nitrogens with one attached hydrogen (secondary N) is 1.